The van der Waals surface area contributed by atoms with Gasteiger partial charge in [0.25, 0.3) is 0 Å². The molecule has 2 rings (SSSR count). The molecule has 0 unspecified atom stereocenters. The molecule has 0 spiro atoms. The van der Waals surface area contributed by atoms with E-state index in [4.69, 9.17) is 5.73 Å². The van der Waals surface area contributed by atoms with E-state index in [-0.39, 0.29) is 18.1 Å². The second-order valence-electron chi connectivity index (χ2n) is 5.75. The lowest BCUT2D eigenvalue weighted by Gasteiger charge is -2.14. The third-order valence-corrected chi connectivity index (χ3v) is 5.25. The number of anilines is 1. The van der Waals surface area contributed by atoms with Crippen LogP contribution in [0.1, 0.15) is 5.56 Å². The monoisotopic (exact) mass is 390 g/mol. The fourth-order valence-corrected chi connectivity index (χ4v) is 3.03. The number of hydrogen-bond donors (Lipinski definition) is 3. The van der Waals surface area contributed by atoms with Crippen LogP contribution in [0.15, 0.2) is 53.5 Å². The molecule has 0 bridgehead atoms. The first kappa shape index (κ1) is 20.6. The maximum Gasteiger partial charge on any atom is 0.213 e. The molecule has 0 fully saturated rings. The van der Waals surface area contributed by atoms with Crippen LogP contribution >= 0.6 is 0 Å². The van der Waals surface area contributed by atoms with Gasteiger partial charge in [0.2, 0.25) is 10.0 Å². The quantitative estimate of drug-likeness (QED) is 0.603. The number of benzene rings is 2. The minimum Gasteiger partial charge on any atom is -0.398 e. The Balaban J connectivity index is 2.38. The predicted molar refractivity (Wildman–Crippen MR) is 110 cm³/mol. The molecule has 2 aromatic rings. The Hall–Kier alpha value is -2.71. The van der Waals surface area contributed by atoms with Crippen LogP contribution in [0.25, 0.3) is 16.8 Å². The summed E-state index contributed by atoms with van der Waals surface area (Å²) < 4.78 is 39.0. The van der Waals surface area contributed by atoms with Gasteiger partial charge in [0.1, 0.15) is 5.82 Å². The Kier molecular flexibility index (Phi) is 7.09. The van der Waals surface area contributed by atoms with Crippen LogP contribution in [0.5, 0.6) is 0 Å². The lowest BCUT2D eigenvalue weighted by atomic mass is 10.00. The molecule has 0 aliphatic carbocycles. The van der Waals surface area contributed by atoms with Gasteiger partial charge in [-0.3, -0.25) is 4.99 Å². The zero-order chi connectivity index (χ0) is 19.9. The molecule has 0 saturated heterocycles. The lowest BCUT2D eigenvalue weighted by molar-refractivity contribution is 0.588. The van der Waals surface area contributed by atoms with Crippen LogP contribution in [0.2, 0.25) is 0 Å². The van der Waals surface area contributed by atoms with Gasteiger partial charge < -0.3 is 11.1 Å². The molecule has 8 heteroatoms. The fraction of sp³-hybridized carbons (Fsp3) is 0.211. The number of rotatable bonds is 8. The predicted octanol–water partition coefficient (Wildman–Crippen LogP) is 2.45. The summed E-state index contributed by atoms with van der Waals surface area (Å²) in [7, 11) is -0.306. The highest BCUT2D eigenvalue weighted by molar-refractivity contribution is 7.89. The van der Waals surface area contributed by atoms with Crippen LogP contribution in [0, 0.1) is 5.82 Å². The molecule has 0 aromatic heterocycles. The number of nitrogens with zero attached hydrogens (tertiary/aromatic N) is 1. The summed E-state index contributed by atoms with van der Waals surface area (Å²) in [5, 5.41) is 3.09. The molecule has 144 valence electrons. The first-order valence-corrected chi connectivity index (χ1v) is 9.95. The largest absolute Gasteiger partial charge is 0.398 e. The summed E-state index contributed by atoms with van der Waals surface area (Å²) in [6, 6.07) is 11.7. The van der Waals surface area contributed by atoms with Gasteiger partial charge in [-0.2, -0.15) is 0 Å². The third kappa shape index (κ3) is 5.90. The van der Waals surface area contributed by atoms with Gasteiger partial charge in [0, 0.05) is 36.8 Å². The van der Waals surface area contributed by atoms with Gasteiger partial charge in [-0.15, -0.1) is 0 Å². The average molecular weight is 390 g/mol. The molecule has 0 saturated carbocycles. The van der Waals surface area contributed by atoms with E-state index in [9.17, 15) is 12.8 Å². The molecule has 6 nitrogen and oxygen atoms in total. The normalized spacial score (nSPS) is 12.5. The summed E-state index contributed by atoms with van der Waals surface area (Å²) in [6.45, 7) is 0.213. The van der Waals surface area contributed by atoms with Crippen molar-refractivity contribution in [2.75, 3.05) is 31.7 Å². The van der Waals surface area contributed by atoms with E-state index in [0.717, 1.165) is 11.1 Å². The van der Waals surface area contributed by atoms with Crippen molar-refractivity contribution in [2.24, 2.45) is 10.7 Å². The molecule has 27 heavy (non-hydrogen) atoms. The molecule has 0 atom stereocenters. The molecule has 4 N–H and O–H groups in total. The van der Waals surface area contributed by atoms with Crippen LogP contribution in [0.4, 0.5) is 10.1 Å². The Bertz CT molecular complexity index is 956. The Morgan fingerprint density at radius 2 is 1.96 bits per heavy atom. The maximum absolute atomic E-state index is 13.5. The molecule has 0 aliphatic heterocycles. The van der Waals surface area contributed by atoms with E-state index in [1.807, 2.05) is 18.2 Å². The van der Waals surface area contributed by atoms with Crippen molar-refractivity contribution in [1.29, 1.82) is 0 Å². The molecular weight excluding hydrogens is 367 g/mol. The van der Waals surface area contributed by atoms with E-state index in [1.54, 1.807) is 31.5 Å². The minimum absolute atomic E-state index is 0.0748. The van der Waals surface area contributed by atoms with Crippen molar-refractivity contribution in [1.82, 2.24) is 4.72 Å². The lowest BCUT2D eigenvalue weighted by Crippen LogP contribution is -2.26. The number of nitrogens with one attached hydrogen (secondary N) is 2. The van der Waals surface area contributed by atoms with Gasteiger partial charge in [-0.05, 0) is 48.5 Å². The molecule has 0 aliphatic rings. The smallest absolute Gasteiger partial charge is 0.213 e. The van der Waals surface area contributed by atoms with Gasteiger partial charge >= 0.3 is 0 Å². The number of sulfonamides is 1. The van der Waals surface area contributed by atoms with Crippen molar-refractivity contribution >= 4 is 27.6 Å². The second kappa shape index (κ2) is 9.29. The van der Waals surface area contributed by atoms with Crippen molar-refractivity contribution in [3.05, 3.63) is 59.9 Å². The SMILES string of the molecule is CN=C/C=C(\N)c1cc(-c2cccc(F)c2)ccc1NCCS(=O)(=O)NC. The average Bonchev–Trinajstić information content (AvgIpc) is 2.66. The topological polar surface area (TPSA) is 96.6 Å². The van der Waals surface area contributed by atoms with Crippen LogP contribution in [-0.2, 0) is 10.0 Å². The van der Waals surface area contributed by atoms with Crippen molar-refractivity contribution in [3.63, 3.8) is 0 Å². The van der Waals surface area contributed by atoms with Crippen LogP contribution < -0.4 is 15.8 Å². The Morgan fingerprint density at radius 1 is 1.22 bits per heavy atom. The van der Waals surface area contributed by atoms with E-state index in [2.05, 4.69) is 15.0 Å². The van der Waals surface area contributed by atoms with Gasteiger partial charge in [0.05, 0.1) is 5.75 Å². The minimum atomic E-state index is -3.31. The fourth-order valence-electron chi connectivity index (χ4n) is 2.45. The molecule has 0 heterocycles. The molecule has 2 aromatic carbocycles. The first-order valence-electron chi connectivity index (χ1n) is 8.29. The van der Waals surface area contributed by atoms with Crippen molar-refractivity contribution < 1.29 is 12.8 Å². The van der Waals surface area contributed by atoms with E-state index < -0.39 is 10.0 Å². The summed E-state index contributed by atoms with van der Waals surface area (Å²) in [4.78, 5) is 3.89. The van der Waals surface area contributed by atoms with Gasteiger partial charge in [-0.1, -0.05) is 18.2 Å². The number of hydrogen-bond acceptors (Lipinski definition) is 5. The second-order valence-corrected chi connectivity index (χ2v) is 7.80. The summed E-state index contributed by atoms with van der Waals surface area (Å²) >= 11 is 0. The first-order chi connectivity index (χ1) is 12.9. The number of aliphatic imine (C=N–C) groups is 1. The van der Waals surface area contributed by atoms with Crippen LogP contribution in [-0.4, -0.2) is 41.0 Å². The zero-order valence-corrected chi connectivity index (χ0v) is 16.1. The summed E-state index contributed by atoms with van der Waals surface area (Å²) in [5.41, 5.74) is 9.50. The van der Waals surface area contributed by atoms with Gasteiger partial charge in [-0.25, -0.2) is 17.5 Å². The third-order valence-electron chi connectivity index (χ3n) is 3.89. The number of halogens is 1. The summed E-state index contributed by atoms with van der Waals surface area (Å²) in [6.07, 6.45) is 3.22. The molecular formula is C19H23FN4O2S. The Morgan fingerprint density at radius 3 is 2.63 bits per heavy atom. The highest BCUT2D eigenvalue weighted by atomic mass is 32.2. The zero-order valence-electron chi connectivity index (χ0n) is 15.2. The number of nitrogens with two attached hydrogens (primary N) is 1. The summed E-state index contributed by atoms with van der Waals surface area (Å²) in [5.74, 6) is -0.399. The van der Waals surface area contributed by atoms with E-state index in [0.29, 0.717) is 16.9 Å². The standard InChI is InChI=1S/C19H23FN4O2S/c1-22-9-8-18(21)17-13-15(14-4-3-5-16(20)12-14)6-7-19(17)24-10-11-27(25,26)23-2/h3-9,12-13,23-24H,10-11,21H2,1-2H3/b18-8-,22-9?. The Labute approximate surface area is 159 Å². The molecule has 0 amide bonds. The maximum atomic E-state index is 13.5. The molecule has 0 radical (unpaired) electrons. The van der Waals surface area contributed by atoms with Crippen molar-refractivity contribution in [3.8, 4) is 11.1 Å². The van der Waals surface area contributed by atoms with Crippen LogP contribution in [0.3, 0.4) is 0 Å². The number of allylic oxidation sites excluding steroid dienone is 1. The highest BCUT2D eigenvalue weighted by Crippen LogP contribution is 2.28. The van der Waals surface area contributed by atoms with E-state index in [1.165, 1.54) is 19.2 Å². The highest BCUT2D eigenvalue weighted by Gasteiger charge is 2.11. The van der Waals surface area contributed by atoms with Gasteiger partial charge in [0.15, 0.2) is 0 Å². The van der Waals surface area contributed by atoms with E-state index >= 15 is 0 Å². The van der Waals surface area contributed by atoms with Crippen molar-refractivity contribution in [2.45, 2.75) is 0 Å².